The van der Waals surface area contributed by atoms with Gasteiger partial charge in [-0.1, -0.05) is 53.6 Å². The van der Waals surface area contributed by atoms with E-state index in [9.17, 15) is 4.79 Å². The van der Waals surface area contributed by atoms with E-state index >= 15 is 0 Å². The van der Waals surface area contributed by atoms with Gasteiger partial charge in [0.1, 0.15) is 6.61 Å². The van der Waals surface area contributed by atoms with Gasteiger partial charge < -0.3 is 9.64 Å². The summed E-state index contributed by atoms with van der Waals surface area (Å²) in [7, 11) is 0. The van der Waals surface area contributed by atoms with Gasteiger partial charge >= 0.3 is 6.09 Å². The van der Waals surface area contributed by atoms with E-state index < -0.39 is 0 Å². The van der Waals surface area contributed by atoms with Crippen LogP contribution in [0.4, 0.5) is 10.5 Å². The quantitative estimate of drug-likeness (QED) is 0.140. The van der Waals surface area contributed by atoms with E-state index in [1.54, 1.807) is 4.90 Å². The maximum atomic E-state index is 12.9. The third kappa shape index (κ3) is 4.68. The van der Waals surface area contributed by atoms with Crippen LogP contribution in [-0.4, -0.2) is 48.7 Å². The first-order valence-electron chi connectivity index (χ1n) is 12.1. The number of amides is 1. The molecule has 3 aromatic carbocycles. The van der Waals surface area contributed by atoms with Gasteiger partial charge in [0.15, 0.2) is 0 Å². The van der Waals surface area contributed by atoms with Gasteiger partial charge in [-0.3, -0.25) is 4.90 Å². The molecular formula is C28H28IN5O2. The summed E-state index contributed by atoms with van der Waals surface area (Å²) in [6.07, 6.45) is -0.247. The van der Waals surface area contributed by atoms with Gasteiger partial charge in [0.25, 0.3) is 0 Å². The van der Waals surface area contributed by atoms with Crippen LogP contribution in [-0.2, 0) is 11.3 Å². The molecule has 3 aromatic rings. The molecule has 1 fully saturated rings. The molecule has 1 aliphatic carbocycles. The van der Waals surface area contributed by atoms with E-state index in [0.29, 0.717) is 19.7 Å². The number of halogens is 1. The molecule has 0 unspecified atom stereocenters. The number of carbonyl (C=O) groups excluding carboxylic acids is 1. The predicted octanol–water partition coefficient (Wildman–Crippen LogP) is 6.92. The molecule has 5 rings (SSSR count). The number of ether oxygens (including phenoxy) is 1. The molecule has 184 valence electrons. The van der Waals surface area contributed by atoms with Gasteiger partial charge in [0, 0.05) is 52.8 Å². The standard InChI is InChI=1S/C28H28IN5O2/c1-18-20(15-26(29)19(2)27(18)31-32-30)16-33-11-13-34(14-12-33)28(35)36-17-25-23-9-5-3-7-21(23)22-8-4-6-10-24(22)25/h3-10,15,25H,11-14,16-17H2,1-2H3. The number of rotatable bonds is 5. The Bertz CT molecular complexity index is 1310. The topological polar surface area (TPSA) is 81.5 Å². The highest BCUT2D eigenvalue weighted by Crippen LogP contribution is 2.44. The molecule has 2 aliphatic rings. The molecule has 1 saturated heterocycles. The Morgan fingerprint density at radius 2 is 1.64 bits per heavy atom. The Hall–Kier alpha value is -3.07. The fourth-order valence-corrected chi connectivity index (χ4v) is 5.92. The largest absolute Gasteiger partial charge is 0.448 e. The summed E-state index contributed by atoms with van der Waals surface area (Å²) >= 11 is 2.29. The lowest BCUT2D eigenvalue weighted by Gasteiger charge is -2.34. The minimum absolute atomic E-state index is 0.0693. The van der Waals surface area contributed by atoms with Crippen molar-refractivity contribution in [3.63, 3.8) is 0 Å². The van der Waals surface area contributed by atoms with Crippen molar-refractivity contribution >= 4 is 34.4 Å². The van der Waals surface area contributed by atoms with Crippen molar-refractivity contribution < 1.29 is 9.53 Å². The average Bonchev–Trinajstić information content (AvgIpc) is 3.22. The Balaban J connectivity index is 1.19. The normalized spacial score (nSPS) is 15.2. The molecule has 8 heteroatoms. The molecule has 36 heavy (non-hydrogen) atoms. The Morgan fingerprint density at radius 3 is 2.25 bits per heavy atom. The number of nitrogens with zero attached hydrogens (tertiary/aromatic N) is 5. The molecule has 0 saturated carbocycles. The molecule has 1 heterocycles. The molecule has 1 amide bonds. The van der Waals surface area contributed by atoms with Gasteiger partial charge in [0.05, 0.1) is 0 Å². The van der Waals surface area contributed by atoms with Crippen LogP contribution in [0.15, 0.2) is 59.7 Å². The first-order chi connectivity index (χ1) is 17.5. The Kier molecular flexibility index (Phi) is 7.18. The van der Waals surface area contributed by atoms with E-state index in [1.807, 2.05) is 26.0 Å². The summed E-state index contributed by atoms with van der Waals surface area (Å²) in [4.78, 5) is 20.1. The zero-order valence-corrected chi connectivity index (χ0v) is 22.6. The highest BCUT2D eigenvalue weighted by molar-refractivity contribution is 14.1. The van der Waals surface area contributed by atoms with Crippen molar-refractivity contribution in [2.24, 2.45) is 5.11 Å². The molecular weight excluding hydrogens is 565 g/mol. The maximum absolute atomic E-state index is 12.9. The van der Waals surface area contributed by atoms with Crippen molar-refractivity contribution in [1.82, 2.24) is 9.80 Å². The zero-order chi connectivity index (χ0) is 25.2. The van der Waals surface area contributed by atoms with Crippen molar-refractivity contribution in [3.8, 4) is 11.1 Å². The van der Waals surface area contributed by atoms with Gasteiger partial charge in [-0.2, -0.15) is 0 Å². The van der Waals surface area contributed by atoms with Crippen molar-refractivity contribution in [2.45, 2.75) is 26.3 Å². The molecule has 0 atom stereocenters. The smallest absolute Gasteiger partial charge is 0.409 e. The summed E-state index contributed by atoms with van der Waals surface area (Å²) in [6, 6.07) is 18.9. The highest BCUT2D eigenvalue weighted by Gasteiger charge is 2.30. The maximum Gasteiger partial charge on any atom is 0.409 e. The van der Waals surface area contributed by atoms with Crippen LogP contribution >= 0.6 is 22.6 Å². The van der Waals surface area contributed by atoms with Crippen LogP contribution in [0, 0.1) is 17.4 Å². The molecule has 0 N–H and O–H groups in total. The number of azide groups is 1. The second-order valence-corrected chi connectivity index (χ2v) is 10.5. The minimum atomic E-state index is -0.247. The Morgan fingerprint density at radius 1 is 1.03 bits per heavy atom. The van der Waals surface area contributed by atoms with E-state index in [-0.39, 0.29) is 12.0 Å². The summed E-state index contributed by atoms with van der Waals surface area (Å²) in [5.41, 5.74) is 17.8. The summed E-state index contributed by atoms with van der Waals surface area (Å²) in [5.74, 6) is 0.0693. The Labute approximate surface area is 224 Å². The van der Waals surface area contributed by atoms with Crippen LogP contribution < -0.4 is 0 Å². The number of benzene rings is 3. The van der Waals surface area contributed by atoms with Crippen LogP contribution in [0.25, 0.3) is 21.6 Å². The molecule has 0 radical (unpaired) electrons. The minimum Gasteiger partial charge on any atom is -0.448 e. The van der Waals surface area contributed by atoms with Crippen LogP contribution in [0.5, 0.6) is 0 Å². The van der Waals surface area contributed by atoms with Gasteiger partial charge in [-0.25, -0.2) is 4.79 Å². The number of carbonyl (C=O) groups is 1. The van der Waals surface area contributed by atoms with Crippen molar-refractivity contribution in [3.05, 3.63) is 96.4 Å². The lowest BCUT2D eigenvalue weighted by Crippen LogP contribution is -2.48. The predicted molar refractivity (Wildman–Crippen MR) is 149 cm³/mol. The second kappa shape index (κ2) is 10.5. The van der Waals surface area contributed by atoms with E-state index in [0.717, 1.165) is 45.6 Å². The van der Waals surface area contributed by atoms with Crippen LogP contribution in [0.3, 0.4) is 0 Å². The zero-order valence-electron chi connectivity index (χ0n) is 20.4. The molecule has 0 aromatic heterocycles. The summed E-state index contributed by atoms with van der Waals surface area (Å²) in [5, 5.41) is 3.92. The lowest BCUT2D eigenvalue weighted by molar-refractivity contribution is 0.0728. The SMILES string of the molecule is Cc1c(I)cc(CN2CCN(C(=O)OCC3c4ccccc4-c4ccccc43)CC2)c(C)c1N=[N+]=[N-]. The third-order valence-corrected chi connectivity index (χ3v) is 8.48. The lowest BCUT2D eigenvalue weighted by atomic mass is 9.98. The first kappa shape index (κ1) is 24.6. The molecule has 0 spiro atoms. The summed E-state index contributed by atoms with van der Waals surface area (Å²) in [6.45, 7) is 7.88. The molecule has 7 nitrogen and oxygen atoms in total. The van der Waals surface area contributed by atoms with Crippen LogP contribution in [0.1, 0.15) is 33.7 Å². The van der Waals surface area contributed by atoms with Gasteiger partial charge in [-0.05, 0) is 87.0 Å². The molecule has 0 bridgehead atoms. The first-order valence-corrected chi connectivity index (χ1v) is 13.2. The third-order valence-electron chi connectivity index (χ3n) is 7.36. The van der Waals surface area contributed by atoms with Crippen molar-refractivity contribution in [1.29, 1.82) is 0 Å². The average molecular weight is 593 g/mol. The second-order valence-electron chi connectivity index (χ2n) is 9.37. The fraction of sp³-hybridized carbons (Fsp3) is 0.321. The van der Waals surface area contributed by atoms with E-state index in [2.05, 4.69) is 80.0 Å². The van der Waals surface area contributed by atoms with E-state index in [4.69, 9.17) is 10.3 Å². The van der Waals surface area contributed by atoms with Gasteiger partial charge in [-0.15, -0.1) is 0 Å². The number of hydrogen-bond donors (Lipinski definition) is 0. The number of piperazine rings is 1. The highest BCUT2D eigenvalue weighted by atomic mass is 127. The van der Waals surface area contributed by atoms with Crippen LogP contribution in [0.2, 0.25) is 0 Å². The van der Waals surface area contributed by atoms with Gasteiger partial charge in [0.2, 0.25) is 0 Å². The number of fused-ring (bicyclic) bond motifs is 3. The summed E-state index contributed by atoms with van der Waals surface area (Å²) < 4.78 is 6.93. The molecule has 1 aliphatic heterocycles. The number of hydrogen-bond acceptors (Lipinski definition) is 4. The monoisotopic (exact) mass is 593 g/mol. The fourth-order valence-electron chi connectivity index (χ4n) is 5.29. The van der Waals surface area contributed by atoms with Crippen molar-refractivity contribution in [2.75, 3.05) is 32.8 Å². The van der Waals surface area contributed by atoms with E-state index in [1.165, 1.54) is 22.3 Å².